The molecule has 1 fully saturated rings. The van der Waals surface area contributed by atoms with Gasteiger partial charge in [-0.15, -0.1) is 0 Å². The third kappa shape index (κ3) is 3.25. The highest BCUT2D eigenvalue weighted by atomic mass is 16.6. The van der Waals surface area contributed by atoms with Gasteiger partial charge in [0.05, 0.1) is 11.9 Å². The number of nitrogens with zero attached hydrogens (tertiary/aromatic N) is 3. The summed E-state index contributed by atoms with van der Waals surface area (Å²) in [4.78, 5) is 15.1. The van der Waals surface area contributed by atoms with E-state index in [4.69, 9.17) is 5.90 Å². The van der Waals surface area contributed by atoms with Crippen molar-refractivity contribution in [2.45, 2.75) is 18.8 Å². The normalized spacial score (nSPS) is 21.9. The van der Waals surface area contributed by atoms with Crippen LogP contribution in [0.25, 0.3) is 0 Å². The first-order valence-electron chi connectivity index (χ1n) is 5.82. The van der Waals surface area contributed by atoms with E-state index in [0.717, 1.165) is 17.9 Å². The number of likely N-dealkylation sites (N-methyl/N-ethyl adjacent to an activating group) is 1. The molecule has 5 nitrogen and oxygen atoms in total. The Balaban J connectivity index is 2.04. The van der Waals surface area contributed by atoms with Gasteiger partial charge in [-0.25, -0.2) is 4.99 Å². The van der Waals surface area contributed by atoms with E-state index in [1.54, 1.807) is 6.20 Å². The molecule has 1 aromatic heterocycles. The van der Waals surface area contributed by atoms with Gasteiger partial charge in [-0.05, 0) is 38.6 Å². The zero-order valence-electron chi connectivity index (χ0n) is 10.0. The number of rotatable bonds is 3. The van der Waals surface area contributed by atoms with Crippen LogP contribution in [0, 0.1) is 0 Å². The van der Waals surface area contributed by atoms with E-state index in [1.165, 1.54) is 25.8 Å². The molecule has 5 heteroatoms. The molecule has 0 bridgehead atoms. The van der Waals surface area contributed by atoms with Gasteiger partial charge in [0.2, 0.25) is 6.40 Å². The Morgan fingerprint density at radius 3 is 3.12 bits per heavy atom. The Labute approximate surface area is 101 Å². The van der Waals surface area contributed by atoms with Gasteiger partial charge in [0.15, 0.2) is 0 Å². The van der Waals surface area contributed by atoms with Crippen LogP contribution in [0.15, 0.2) is 23.3 Å². The van der Waals surface area contributed by atoms with E-state index < -0.39 is 0 Å². The Hall–Kier alpha value is -1.46. The minimum Gasteiger partial charge on any atom is -0.399 e. The fourth-order valence-electron chi connectivity index (χ4n) is 2.21. The first-order chi connectivity index (χ1) is 8.29. The predicted octanol–water partition coefficient (Wildman–Crippen LogP) is 1.44. The number of likely N-dealkylation sites (tertiary alicyclic amines) is 1. The van der Waals surface area contributed by atoms with E-state index in [2.05, 4.69) is 26.8 Å². The van der Waals surface area contributed by atoms with Crippen LogP contribution in [-0.4, -0.2) is 36.4 Å². The standard InChI is InChI=1S/C12H18N4O/c1-16-6-2-3-10(8-16)12-5-4-11(7-14-12)15-9-17-13/h4-5,7,9-10H,2-3,6,8,13H2,1H3/b15-9-. The Kier molecular flexibility index (Phi) is 4.06. The van der Waals surface area contributed by atoms with Crippen molar-refractivity contribution < 1.29 is 4.84 Å². The van der Waals surface area contributed by atoms with Crippen molar-refractivity contribution in [1.82, 2.24) is 9.88 Å². The zero-order valence-corrected chi connectivity index (χ0v) is 10.0. The van der Waals surface area contributed by atoms with E-state index in [0.29, 0.717) is 5.92 Å². The molecule has 2 N–H and O–H groups in total. The van der Waals surface area contributed by atoms with Crippen LogP contribution in [-0.2, 0) is 4.84 Å². The molecule has 1 atom stereocenters. The molecule has 0 amide bonds. The Morgan fingerprint density at radius 2 is 2.47 bits per heavy atom. The van der Waals surface area contributed by atoms with Crippen molar-refractivity contribution in [3.05, 3.63) is 24.0 Å². The molecular formula is C12H18N4O. The second kappa shape index (κ2) is 5.75. The van der Waals surface area contributed by atoms with Crippen LogP contribution in [0.1, 0.15) is 24.5 Å². The second-order valence-electron chi connectivity index (χ2n) is 4.41. The second-order valence-corrected chi connectivity index (χ2v) is 4.41. The molecule has 1 aromatic rings. The topological polar surface area (TPSA) is 63.7 Å². The summed E-state index contributed by atoms with van der Waals surface area (Å²) in [6.07, 6.45) is 5.40. The van der Waals surface area contributed by atoms with Crippen LogP contribution < -0.4 is 5.90 Å². The van der Waals surface area contributed by atoms with Gasteiger partial charge in [0, 0.05) is 18.2 Å². The molecule has 2 heterocycles. The molecule has 1 unspecified atom stereocenters. The van der Waals surface area contributed by atoms with Gasteiger partial charge >= 0.3 is 0 Å². The fraction of sp³-hybridized carbons (Fsp3) is 0.500. The van der Waals surface area contributed by atoms with E-state index in [-0.39, 0.29) is 0 Å². The summed E-state index contributed by atoms with van der Waals surface area (Å²) in [5.41, 5.74) is 1.90. The fourth-order valence-corrected chi connectivity index (χ4v) is 2.21. The highest BCUT2D eigenvalue weighted by Crippen LogP contribution is 2.25. The average Bonchev–Trinajstić information content (AvgIpc) is 2.37. The number of piperidine rings is 1. The Bertz CT molecular complexity index is 377. The number of hydrogen-bond acceptors (Lipinski definition) is 5. The Morgan fingerprint density at radius 1 is 1.59 bits per heavy atom. The lowest BCUT2D eigenvalue weighted by molar-refractivity contribution is 0.248. The summed E-state index contributed by atoms with van der Waals surface area (Å²) in [5.74, 6) is 5.40. The number of hydrogen-bond donors (Lipinski definition) is 1. The number of aliphatic imine (C=N–C) groups is 1. The van der Waals surface area contributed by atoms with E-state index in [1.807, 2.05) is 12.1 Å². The van der Waals surface area contributed by atoms with Crippen LogP contribution in [0.3, 0.4) is 0 Å². The quantitative estimate of drug-likeness (QED) is 0.488. The van der Waals surface area contributed by atoms with Crippen molar-refractivity contribution in [2.75, 3.05) is 20.1 Å². The zero-order chi connectivity index (χ0) is 12.1. The largest absolute Gasteiger partial charge is 0.399 e. The first-order valence-corrected chi connectivity index (χ1v) is 5.82. The number of aromatic nitrogens is 1. The summed E-state index contributed by atoms with van der Waals surface area (Å²) in [6, 6.07) is 3.97. The van der Waals surface area contributed by atoms with Gasteiger partial charge in [0.1, 0.15) is 0 Å². The maximum Gasteiger partial charge on any atom is 0.201 e. The van der Waals surface area contributed by atoms with Crippen molar-refractivity contribution in [1.29, 1.82) is 0 Å². The molecule has 1 aliphatic heterocycles. The van der Waals surface area contributed by atoms with Crippen LogP contribution in [0.4, 0.5) is 5.69 Å². The maximum absolute atomic E-state index is 4.86. The monoisotopic (exact) mass is 234 g/mol. The summed E-state index contributed by atoms with van der Waals surface area (Å²) < 4.78 is 0. The van der Waals surface area contributed by atoms with Crippen molar-refractivity contribution in [3.8, 4) is 0 Å². The molecule has 1 saturated heterocycles. The third-order valence-corrected chi connectivity index (χ3v) is 3.08. The van der Waals surface area contributed by atoms with Gasteiger partial charge in [0.25, 0.3) is 0 Å². The predicted molar refractivity (Wildman–Crippen MR) is 67.1 cm³/mol. The van der Waals surface area contributed by atoms with Crippen LogP contribution in [0.2, 0.25) is 0 Å². The summed E-state index contributed by atoms with van der Waals surface area (Å²) in [7, 11) is 2.16. The van der Waals surface area contributed by atoms with Crippen LogP contribution >= 0.6 is 0 Å². The first kappa shape index (κ1) is 12.0. The van der Waals surface area contributed by atoms with Gasteiger partial charge in [-0.1, -0.05) is 0 Å². The number of nitrogens with two attached hydrogens (primary N) is 1. The summed E-state index contributed by atoms with van der Waals surface area (Å²) >= 11 is 0. The lowest BCUT2D eigenvalue weighted by Crippen LogP contribution is -2.31. The van der Waals surface area contributed by atoms with Crippen molar-refractivity contribution in [3.63, 3.8) is 0 Å². The number of pyridine rings is 1. The average molecular weight is 234 g/mol. The summed E-state index contributed by atoms with van der Waals surface area (Å²) in [6.45, 7) is 2.27. The molecule has 17 heavy (non-hydrogen) atoms. The molecule has 0 aromatic carbocycles. The molecule has 92 valence electrons. The molecule has 2 rings (SSSR count). The highest BCUT2D eigenvalue weighted by molar-refractivity contribution is 5.54. The molecule has 0 spiro atoms. The maximum atomic E-state index is 4.86. The molecule has 0 saturated carbocycles. The van der Waals surface area contributed by atoms with Crippen molar-refractivity contribution >= 4 is 12.1 Å². The van der Waals surface area contributed by atoms with E-state index in [9.17, 15) is 0 Å². The highest BCUT2D eigenvalue weighted by Gasteiger charge is 2.19. The molecule has 0 radical (unpaired) electrons. The van der Waals surface area contributed by atoms with Gasteiger partial charge < -0.3 is 9.74 Å². The lowest BCUT2D eigenvalue weighted by atomic mass is 9.95. The van der Waals surface area contributed by atoms with Crippen molar-refractivity contribution in [2.24, 2.45) is 10.9 Å². The molecular weight excluding hydrogens is 216 g/mol. The van der Waals surface area contributed by atoms with Gasteiger partial charge in [-0.2, -0.15) is 5.90 Å². The van der Waals surface area contributed by atoms with Crippen LogP contribution in [0.5, 0.6) is 0 Å². The van der Waals surface area contributed by atoms with E-state index >= 15 is 0 Å². The minimum atomic E-state index is 0.539. The molecule has 0 aliphatic carbocycles. The molecule has 1 aliphatic rings. The summed E-state index contributed by atoms with van der Waals surface area (Å²) in [5, 5.41) is 0. The van der Waals surface area contributed by atoms with Gasteiger partial charge in [-0.3, -0.25) is 4.98 Å². The smallest absolute Gasteiger partial charge is 0.201 e. The lowest BCUT2D eigenvalue weighted by Gasteiger charge is -2.29. The minimum absolute atomic E-state index is 0.539. The third-order valence-electron chi connectivity index (χ3n) is 3.08. The SMILES string of the molecule is CN1CCCC(c2ccc(/N=C\ON)cn2)C1.